The van der Waals surface area contributed by atoms with Gasteiger partial charge in [-0.1, -0.05) is 6.92 Å². The molecule has 0 spiro atoms. The molecule has 3 atom stereocenters. The second-order valence-corrected chi connectivity index (χ2v) is 7.47. The van der Waals surface area contributed by atoms with E-state index in [0.717, 1.165) is 19.3 Å². The van der Waals surface area contributed by atoms with Gasteiger partial charge in [-0.25, -0.2) is 8.42 Å². The zero-order chi connectivity index (χ0) is 11.8. The van der Waals surface area contributed by atoms with Crippen molar-refractivity contribution in [2.24, 2.45) is 5.73 Å². The van der Waals surface area contributed by atoms with Crippen LogP contribution in [0.5, 0.6) is 0 Å². The Morgan fingerprint density at radius 1 is 1.38 bits per heavy atom. The summed E-state index contributed by atoms with van der Waals surface area (Å²) < 4.78 is 29.0. The summed E-state index contributed by atoms with van der Waals surface area (Å²) in [5, 5.41) is 0. The predicted octanol–water partition coefficient (Wildman–Crippen LogP) is 0.850. The smallest absolute Gasteiger partial charge is 0.150 e. The van der Waals surface area contributed by atoms with E-state index in [2.05, 4.69) is 0 Å². The van der Waals surface area contributed by atoms with Gasteiger partial charge in [0.1, 0.15) is 9.84 Å². The Morgan fingerprint density at radius 3 is 2.62 bits per heavy atom. The molecule has 0 saturated carbocycles. The molecule has 94 valence electrons. The Balaban J connectivity index is 1.91. The van der Waals surface area contributed by atoms with E-state index < -0.39 is 9.84 Å². The van der Waals surface area contributed by atoms with Crippen molar-refractivity contribution in [3.05, 3.63) is 0 Å². The summed E-state index contributed by atoms with van der Waals surface area (Å²) in [6, 6.07) is 0. The van der Waals surface area contributed by atoms with Crippen LogP contribution in [0.1, 0.15) is 39.0 Å². The highest BCUT2D eigenvalue weighted by Crippen LogP contribution is 2.42. The molecular weight excluding hydrogens is 226 g/mol. The van der Waals surface area contributed by atoms with Crippen molar-refractivity contribution in [1.82, 2.24) is 0 Å². The van der Waals surface area contributed by atoms with Crippen LogP contribution in [0, 0.1) is 0 Å². The van der Waals surface area contributed by atoms with Gasteiger partial charge in [0.25, 0.3) is 0 Å². The lowest BCUT2D eigenvalue weighted by Crippen LogP contribution is -2.49. The van der Waals surface area contributed by atoms with Crippen molar-refractivity contribution in [1.29, 1.82) is 0 Å². The highest BCUT2D eigenvalue weighted by atomic mass is 32.2. The fourth-order valence-electron chi connectivity index (χ4n) is 2.86. The molecule has 16 heavy (non-hydrogen) atoms. The molecule has 2 heterocycles. The average molecular weight is 247 g/mol. The average Bonchev–Trinajstić information content (AvgIpc) is 2.75. The molecule has 0 aliphatic carbocycles. The molecule has 2 bridgehead atoms. The maximum atomic E-state index is 11.6. The molecular formula is C11H21NO3S. The summed E-state index contributed by atoms with van der Waals surface area (Å²) in [6.45, 7) is 1.89. The fraction of sp³-hybridized carbons (Fsp3) is 1.00. The summed E-state index contributed by atoms with van der Waals surface area (Å²) in [6.07, 6.45) is 4.52. The molecule has 0 aromatic carbocycles. The highest BCUT2D eigenvalue weighted by molar-refractivity contribution is 7.91. The lowest BCUT2D eigenvalue weighted by atomic mass is 9.81. The molecule has 3 unspecified atom stereocenters. The van der Waals surface area contributed by atoms with E-state index in [1.165, 1.54) is 0 Å². The van der Waals surface area contributed by atoms with E-state index >= 15 is 0 Å². The molecule has 5 heteroatoms. The molecule has 2 aliphatic heterocycles. The van der Waals surface area contributed by atoms with E-state index in [4.69, 9.17) is 10.5 Å². The highest BCUT2D eigenvalue weighted by Gasteiger charge is 2.49. The van der Waals surface area contributed by atoms with E-state index in [9.17, 15) is 8.42 Å². The zero-order valence-electron chi connectivity index (χ0n) is 9.81. The van der Waals surface area contributed by atoms with Gasteiger partial charge in [-0.15, -0.1) is 0 Å². The van der Waals surface area contributed by atoms with Crippen molar-refractivity contribution >= 4 is 9.84 Å². The minimum Gasteiger partial charge on any atom is -0.373 e. The molecule has 0 amide bonds. The molecule has 2 aliphatic rings. The summed E-state index contributed by atoms with van der Waals surface area (Å²) in [4.78, 5) is 0. The summed E-state index contributed by atoms with van der Waals surface area (Å²) in [5.41, 5.74) is 5.87. The van der Waals surface area contributed by atoms with Crippen LogP contribution >= 0.6 is 0 Å². The number of nitrogens with two attached hydrogens (primary N) is 1. The van der Waals surface area contributed by atoms with Gasteiger partial charge in [-0.3, -0.25) is 0 Å². The fourth-order valence-corrected chi connectivity index (χ4v) is 4.37. The molecule has 0 aromatic rings. The first-order chi connectivity index (χ1) is 7.45. The van der Waals surface area contributed by atoms with E-state index in [1.807, 2.05) is 6.92 Å². The molecule has 2 rings (SSSR count). The van der Waals surface area contributed by atoms with Crippen LogP contribution in [0.15, 0.2) is 0 Å². The third kappa shape index (κ3) is 2.41. The van der Waals surface area contributed by atoms with Crippen molar-refractivity contribution in [2.75, 3.05) is 11.5 Å². The Hall–Kier alpha value is -0.130. The van der Waals surface area contributed by atoms with Gasteiger partial charge < -0.3 is 10.5 Å². The van der Waals surface area contributed by atoms with Crippen LogP contribution in [-0.4, -0.2) is 37.7 Å². The second kappa shape index (κ2) is 4.27. The first-order valence-electron chi connectivity index (χ1n) is 6.10. The van der Waals surface area contributed by atoms with Crippen molar-refractivity contribution in [3.63, 3.8) is 0 Å². The third-order valence-electron chi connectivity index (χ3n) is 3.75. The van der Waals surface area contributed by atoms with Crippen LogP contribution in [0.2, 0.25) is 0 Å². The van der Waals surface area contributed by atoms with Crippen LogP contribution in [0.25, 0.3) is 0 Å². The molecule has 0 aromatic heterocycles. The van der Waals surface area contributed by atoms with Gasteiger partial charge in [0.05, 0.1) is 18.0 Å². The number of hydrogen-bond donors (Lipinski definition) is 1. The Bertz CT molecular complexity index is 354. The largest absolute Gasteiger partial charge is 0.373 e. The number of fused-ring (bicyclic) bond motifs is 2. The van der Waals surface area contributed by atoms with Gasteiger partial charge in [-0.2, -0.15) is 0 Å². The quantitative estimate of drug-likeness (QED) is 0.782. The standard InChI is InChI=1S/C11H21NO3S/c1-2-6-16(13,14)7-5-11(12)8-9-3-4-10(11)15-9/h9-10H,2-8,12H2,1H3. The van der Waals surface area contributed by atoms with Crippen molar-refractivity contribution in [3.8, 4) is 0 Å². The Morgan fingerprint density at radius 2 is 2.12 bits per heavy atom. The summed E-state index contributed by atoms with van der Waals surface area (Å²) in [5.74, 6) is 0.488. The van der Waals surface area contributed by atoms with Crippen LogP contribution < -0.4 is 5.73 Å². The minimum absolute atomic E-state index is 0.0920. The topological polar surface area (TPSA) is 69.4 Å². The third-order valence-corrected chi connectivity index (χ3v) is 5.61. The molecule has 2 fully saturated rings. The SMILES string of the molecule is CCCS(=O)(=O)CCC1(N)CC2CCC1O2. The summed E-state index contributed by atoms with van der Waals surface area (Å²) in [7, 11) is -2.91. The van der Waals surface area contributed by atoms with Gasteiger partial charge in [0.15, 0.2) is 0 Å². The normalized spacial score (nSPS) is 38.1. The summed E-state index contributed by atoms with van der Waals surface area (Å²) >= 11 is 0. The molecule has 0 radical (unpaired) electrons. The van der Waals surface area contributed by atoms with E-state index in [0.29, 0.717) is 12.8 Å². The first kappa shape index (κ1) is 12.3. The first-order valence-corrected chi connectivity index (χ1v) is 7.92. The number of sulfone groups is 1. The van der Waals surface area contributed by atoms with Gasteiger partial charge in [0.2, 0.25) is 0 Å². The van der Waals surface area contributed by atoms with Gasteiger partial charge in [0, 0.05) is 11.3 Å². The molecule has 2 N–H and O–H groups in total. The van der Waals surface area contributed by atoms with Crippen LogP contribution in [-0.2, 0) is 14.6 Å². The van der Waals surface area contributed by atoms with E-state index in [1.54, 1.807) is 0 Å². The molecule has 2 saturated heterocycles. The van der Waals surface area contributed by atoms with Crippen LogP contribution in [0.4, 0.5) is 0 Å². The number of hydrogen-bond acceptors (Lipinski definition) is 4. The van der Waals surface area contributed by atoms with Gasteiger partial charge in [-0.05, 0) is 32.1 Å². The monoisotopic (exact) mass is 247 g/mol. The zero-order valence-corrected chi connectivity index (χ0v) is 10.6. The van der Waals surface area contributed by atoms with Gasteiger partial charge >= 0.3 is 0 Å². The lowest BCUT2D eigenvalue weighted by molar-refractivity contribution is 0.0850. The Labute approximate surface area is 97.5 Å². The second-order valence-electron chi connectivity index (χ2n) is 5.16. The lowest BCUT2D eigenvalue weighted by Gasteiger charge is -2.30. The maximum Gasteiger partial charge on any atom is 0.150 e. The Kier molecular flexibility index (Phi) is 3.29. The van der Waals surface area contributed by atoms with Crippen molar-refractivity contribution < 1.29 is 13.2 Å². The molecule has 4 nitrogen and oxygen atoms in total. The maximum absolute atomic E-state index is 11.6. The number of rotatable bonds is 5. The van der Waals surface area contributed by atoms with Crippen LogP contribution in [0.3, 0.4) is 0 Å². The van der Waals surface area contributed by atoms with E-state index in [-0.39, 0.29) is 29.3 Å². The predicted molar refractivity (Wildman–Crippen MR) is 63.0 cm³/mol. The number of ether oxygens (including phenoxy) is 1. The van der Waals surface area contributed by atoms with Crippen molar-refractivity contribution in [2.45, 2.75) is 56.8 Å². The minimum atomic E-state index is -2.91.